The molecule has 0 radical (unpaired) electrons. The molecule has 0 heterocycles. The number of allylic oxidation sites excluding steroid dienone is 7. The summed E-state index contributed by atoms with van der Waals surface area (Å²) >= 11 is 2.50. The van der Waals surface area contributed by atoms with E-state index in [0.29, 0.717) is 5.92 Å². The summed E-state index contributed by atoms with van der Waals surface area (Å²) in [5.74, 6) is 0.666. The number of hydrogen-bond donors (Lipinski definition) is 0. The highest BCUT2D eigenvalue weighted by Crippen LogP contribution is 2.55. The Bertz CT molecular complexity index is 446. The third kappa shape index (κ3) is 2.26. The van der Waals surface area contributed by atoms with Gasteiger partial charge in [-0.3, -0.25) is 0 Å². The SMILES string of the molecule is C=C/C=C1/C2=C(C=C(C)CC2)C(C)(C)C1CCI. The summed E-state index contributed by atoms with van der Waals surface area (Å²) in [7, 11) is 0. The topological polar surface area (TPSA) is 0 Å². The first-order valence-corrected chi connectivity index (χ1v) is 8.34. The van der Waals surface area contributed by atoms with Gasteiger partial charge in [-0.05, 0) is 54.2 Å². The third-order valence-corrected chi connectivity index (χ3v) is 5.09. The van der Waals surface area contributed by atoms with Crippen LogP contribution in [-0.4, -0.2) is 4.43 Å². The lowest BCUT2D eigenvalue weighted by atomic mass is 9.74. The molecular formula is C17H23I. The number of rotatable bonds is 3. The average Bonchev–Trinajstić information content (AvgIpc) is 2.52. The quantitative estimate of drug-likeness (QED) is 0.456. The van der Waals surface area contributed by atoms with Crippen LogP contribution in [0.15, 0.2) is 47.1 Å². The van der Waals surface area contributed by atoms with E-state index in [4.69, 9.17) is 0 Å². The number of alkyl halides is 1. The fraction of sp³-hybridized carbons (Fsp3) is 0.529. The molecule has 2 rings (SSSR count). The van der Waals surface area contributed by atoms with Crippen molar-refractivity contribution >= 4 is 22.6 Å². The van der Waals surface area contributed by atoms with Gasteiger partial charge in [0.1, 0.15) is 0 Å². The van der Waals surface area contributed by atoms with Crippen molar-refractivity contribution in [2.24, 2.45) is 11.3 Å². The molecule has 0 saturated heterocycles. The van der Waals surface area contributed by atoms with E-state index in [1.165, 1.54) is 29.3 Å². The number of hydrogen-bond acceptors (Lipinski definition) is 0. The summed E-state index contributed by atoms with van der Waals surface area (Å²) in [4.78, 5) is 0. The van der Waals surface area contributed by atoms with Crippen molar-refractivity contribution in [2.75, 3.05) is 4.43 Å². The zero-order valence-electron chi connectivity index (χ0n) is 11.7. The molecule has 1 atom stereocenters. The highest BCUT2D eigenvalue weighted by Gasteiger charge is 2.43. The van der Waals surface area contributed by atoms with Crippen LogP contribution in [0.2, 0.25) is 0 Å². The highest BCUT2D eigenvalue weighted by atomic mass is 127. The van der Waals surface area contributed by atoms with Gasteiger partial charge in [0.15, 0.2) is 0 Å². The minimum atomic E-state index is 0.289. The molecule has 0 aliphatic heterocycles. The second kappa shape index (κ2) is 5.36. The highest BCUT2D eigenvalue weighted by molar-refractivity contribution is 14.1. The van der Waals surface area contributed by atoms with Crippen molar-refractivity contribution in [1.82, 2.24) is 0 Å². The zero-order valence-corrected chi connectivity index (χ0v) is 13.9. The predicted molar refractivity (Wildman–Crippen MR) is 89.1 cm³/mol. The van der Waals surface area contributed by atoms with Crippen molar-refractivity contribution in [3.05, 3.63) is 47.1 Å². The molecule has 98 valence electrons. The molecule has 18 heavy (non-hydrogen) atoms. The van der Waals surface area contributed by atoms with Crippen molar-refractivity contribution in [3.8, 4) is 0 Å². The van der Waals surface area contributed by atoms with E-state index in [0.717, 1.165) is 0 Å². The standard InChI is InChI=1S/C17H23I/c1-5-6-13-14-8-7-12(2)11-16(14)17(3,4)15(13)9-10-18/h5-6,11,15H,1,7-10H2,2-4H3/b13-6-. The van der Waals surface area contributed by atoms with Crippen LogP contribution < -0.4 is 0 Å². The van der Waals surface area contributed by atoms with E-state index < -0.39 is 0 Å². The molecule has 0 saturated carbocycles. The van der Waals surface area contributed by atoms with Crippen LogP contribution in [0.3, 0.4) is 0 Å². The Morgan fingerprint density at radius 2 is 2.17 bits per heavy atom. The maximum Gasteiger partial charge on any atom is 0.000141 e. The molecule has 0 nitrogen and oxygen atoms in total. The first-order chi connectivity index (χ1) is 8.52. The second-order valence-electron chi connectivity index (χ2n) is 5.99. The minimum Gasteiger partial charge on any atom is -0.0991 e. The molecule has 0 aromatic heterocycles. The molecule has 2 aliphatic rings. The van der Waals surface area contributed by atoms with Gasteiger partial charge in [-0.2, -0.15) is 0 Å². The van der Waals surface area contributed by atoms with Gasteiger partial charge in [0.2, 0.25) is 0 Å². The van der Waals surface area contributed by atoms with E-state index in [-0.39, 0.29) is 5.41 Å². The lowest BCUT2D eigenvalue weighted by molar-refractivity contribution is 0.330. The van der Waals surface area contributed by atoms with Crippen LogP contribution >= 0.6 is 22.6 Å². The van der Waals surface area contributed by atoms with Gasteiger partial charge in [0.05, 0.1) is 0 Å². The first kappa shape index (κ1) is 14.1. The van der Waals surface area contributed by atoms with Crippen LogP contribution in [0.25, 0.3) is 0 Å². The van der Waals surface area contributed by atoms with Crippen molar-refractivity contribution < 1.29 is 0 Å². The minimum absolute atomic E-state index is 0.289. The van der Waals surface area contributed by atoms with Crippen LogP contribution in [0.1, 0.15) is 40.0 Å². The molecule has 0 bridgehead atoms. The van der Waals surface area contributed by atoms with Crippen LogP contribution in [0.5, 0.6) is 0 Å². The largest absolute Gasteiger partial charge is 0.0991 e. The molecule has 0 aromatic rings. The van der Waals surface area contributed by atoms with E-state index in [1.807, 2.05) is 6.08 Å². The second-order valence-corrected chi connectivity index (χ2v) is 7.07. The van der Waals surface area contributed by atoms with Crippen LogP contribution in [0.4, 0.5) is 0 Å². The first-order valence-electron chi connectivity index (χ1n) is 6.82. The third-order valence-electron chi connectivity index (χ3n) is 4.47. The van der Waals surface area contributed by atoms with Gasteiger partial charge in [-0.15, -0.1) is 0 Å². The molecular weight excluding hydrogens is 331 g/mol. The van der Waals surface area contributed by atoms with Crippen molar-refractivity contribution in [3.63, 3.8) is 0 Å². The molecule has 0 fully saturated rings. The Hall–Kier alpha value is -0.310. The summed E-state index contributed by atoms with van der Waals surface area (Å²) in [5.41, 5.74) is 6.59. The van der Waals surface area contributed by atoms with Gasteiger partial charge in [0, 0.05) is 4.43 Å². The summed E-state index contributed by atoms with van der Waals surface area (Å²) in [6.45, 7) is 11.0. The lowest BCUT2D eigenvalue weighted by Crippen LogP contribution is -2.22. The zero-order chi connectivity index (χ0) is 13.3. The van der Waals surface area contributed by atoms with Gasteiger partial charge in [-0.1, -0.05) is 66.8 Å². The Morgan fingerprint density at radius 1 is 1.44 bits per heavy atom. The van der Waals surface area contributed by atoms with Crippen LogP contribution in [-0.2, 0) is 0 Å². The monoisotopic (exact) mass is 354 g/mol. The van der Waals surface area contributed by atoms with Gasteiger partial charge in [-0.25, -0.2) is 0 Å². The van der Waals surface area contributed by atoms with Gasteiger partial charge in [0.25, 0.3) is 0 Å². The van der Waals surface area contributed by atoms with E-state index >= 15 is 0 Å². The molecule has 0 aromatic carbocycles. The molecule has 2 aliphatic carbocycles. The maximum absolute atomic E-state index is 3.90. The lowest BCUT2D eigenvalue weighted by Gasteiger charge is -2.30. The van der Waals surface area contributed by atoms with E-state index in [2.05, 4.69) is 62.1 Å². The van der Waals surface area contributed by atoms with Gasteiger partial charge >= 0.3 is 0 Å². The van der Waals surface area contributed by atoms with Gasteiger partial charge < -0.3 is 0 Å². The summed E-state index contributed by atoms with van der Waals surface area (Å²) in [6, 6.07) is 0. The normalized spacial score (nSPS) is 28.3. The molecule has 0 spiro atoms. The fourth-order valence-electron chi connectivity index (χ4n) is 3.49. The smallest absolute Gasteiger partial charge is 0.000141 e. The Balaban J connectivity index is 2.51. The Morgan fingerprint density at radius 3 is 2.78 bits per heavy atom. The Kier molecular flexibility index (Phi) is 4.20. The van der Waals surface area contributed by atoms with Crippen LogP contribution in [0, 0.1) is 11.3 Å². The Labute approximate surface area is 125 Å². The fourth-order valence-corrected chi connectivity index (χ4v) is 4.12. The number of halogens is 1. The maximum atomic E-state index is 3.90. The van der Waals surface area contributed by atoms with E-state index in [1.54, 1.807) is 16.7 Å². The van der Waals surface area contributed by atoms with Crippen molar-refractivity contribution in [2.45, 2.75) is 40.0 Å². The molecule has 0 N–H and O–H groups in total. The summed E-state index contributed by atoms with van der Waals surface area (Å²) in [5, 5.41) is 0. The van der Waals surface area contributed by atoms with E-state index in [9.17, 15) is 0 Å². The molecule has 0 amide bonds. The molecule has 1 unspecified atom stereocenters. The summed E-state index contributed by atoms with van der Waals surface area (Å²) in [6.07, 6.45) is 10.4. The summed E-state index contributed by atoms with van der Waals surface area (Å²) < 4.78 is 1.23. The predicted octanol–water partition coefficient (Wildman–Crippen LogP) is 5.62. The average molecular weight is 354 g/mol. The van der Waals surface area contributed by atoms with Crippen molar-refractivity contribution in [1.29, 1.82) is 0 Å². The molecule has 1 heteroatoms.